The van der Waals surface area contributed by atoms with Crippen molar-refractivity contribution in [3.8, 4) is 5.88 Å². The average molecular weight is 365 g/mol. The van der Waals surface area contributed by atoms with Crippen LogP contribution in [0.2, 0.25) is 5.02 Å². The Morgan fingerprint density at radius 1 is 1.28 bits per heavy atom. The van der Waals surface area contributed by atoms with Crippen LogP contribution in [0.5, 0.6) is 5.88 Å². The van der Waals surface area contributed by atoms with Crippen LogP contribution in [0.1, 0.15) is 29.1 Å². The smallest absolute Gasteiger partial charge is 0.274 e. The molecule has 0 atom stereocenters. The molecule has 1 N–H and O–H groups in total. The summed E-state index contributed by atoms with van der Waals surface area (Å²) in [6, 6.07) is 3.31. The zero-order valence-corrected chi connectivity index (χ0v) is 15.1. The van der Waals surface area contributed by atoms with Crippen LogP contribution >= 0.6 is 11.6 Å². The number of aromatic amines is 1. The number of carbonyl (C=O) groups excluding carboxylic acids is 1. The first-order chi connectivity index (χ1) is 12.1. The summed E-state index contributed by atoms with van der Waals surface area (Å²) in [4.78, 5) is 25.3. The molecule has 0 bridgehead atoms. The number of nitrogens with one attached hydrogen (secondary N) is 1. The van der Waals surface area contributed by atoms with Gasteiger partial charge in [0.05, 0.1) is 18.2 Å². The lowest BCUT2D eigenvalue weighted by molar-refractivity contribution is 0.0619. The molecule has 0 unspecified atom stereocenters. The van der Waals surface area contributed by atoms with Crippen LogP contribution in [0.25, 0.3) is 0 Å². The van der Waals surface area contributed by atoms with Crippen LogP contribution in [0.4, 0.5) is 0 Å². The van der Waals surface area contributed by atoms with E-state index in [-0.39, 0.29) is 11.6 Å². The lowest BCUT2D eigenvalue weighted by Gasteiger charge is -2.34. The van der Waals surface area contributed by atoms with Gasteiger partial charge in [-0.2, -0.15) is 5.10 Å². The van der Waals surface area contributed by atoms with E-state index in [1.165, 1.54) is 0 Å². The topological polar surface area (TPSA) is 87.2 Å². The number of pyridine rings is 1. The Bertz CT molecular complexity index is 742. The summed E-state index contributed by atoms with van der Waals surface area (Å²) in [6.45, 7) is 7.63. The molecule has 1 fully saturated rings. The van der Waals surface area contributed by atoms with Gasteiger partial charge in [0, 0.05) is 32.2 Å². The second-order valence-electron chi connectivity index (χ2n) is 5.82. The van der Waals surface area contributed by atoms with E-state index >= 15 is 0 Å². The van der Waals surface area contributed by atoms with Gasteiger partial charge in [0.15, 0.2) is 11.5 Å². The van der Waals surface area contributed by atoms with Gasteiger partial charge >= 0.3 is 0 Å². The highest BCUT2D eigenvalue weighted by Gasteiger charge is 2.25. The lowest BCUT2D eigenvalue weighted by Crippen LogP contribution is -2.48. The van der Waals surface area contributed by atoms with Crippen molar-refractivity contribution < 1.29 is 9.53 Å². The summed E-state index contributed by atoms with van der Waals surface area (Å²) in [6.07, 6.45) is 0. The van der Waals surface area contributed by atoms with E-state index in [0.717, 1.165) is 24.7 Å². The van der Waals surface area contributed by atoms with Gasteiger partial charge in [0.2, 0.25) is 5.88 Å². The molecule has 1 saturated heterocycles. The quantitative estimate of drug-likeness (QED) is 0.865. The second-order valence-corrected chi connectivity index (χ2v) is 6.23. The van der Waals surface area contributed by atoms with Crippen molar-refractivity contribution in [2.75, 3.05) is 32.8 Å². The van der Waals surface area contributed by atoms with Crippen LogP contribution in [0.3, 0.4) is 0 Å². The molecule has 3 heterocycles. The summed E-state index contributed by atoms with van der Waals surface area (Å²) >= 11 is 6.15. The molecular weight excluding hydrogens is 344 g/mol. The number of hydrogen-bond acceptors (Lipinski definition) is 6. The first-order valence-corrected chi connectivity index (χ1v) is 8.63. The number of ether oxygens (including phenoxy) is 1. The van der Waals surface area contributed by atoms with Gasteiger partial charge in [0.25, 0.3) is 5.91 Å². The Hall–Kier alpha value is -2.19. The van der Waals surface area contributed by atoms with Gasteiger partial charge in [-0.15, -0.1) is 0 Å². The predicted molar refractivity (Wildman–Crippen MR) is 92.7 cm³/mol. The highest BCUT2D eigenvalue weighted by atomic mass is 35.5. The predicted octanol–water partition coefficient (Wildman–Crippen LogP) is 1.52. The minimum atomic E-state index is -0.167. The van der Waals surface area contributed by atoms with E-state index in [4.69, 9.17) is 16.3 Å². The van der Waals surface area contributed by atoms with Gasteiger partial charge < -0.3 is 9.64 Å². The summed E-state index contributed by atoms with van der Waals surface area (Å²) in [5.41, 5.74) is 0.241. The maximum Gasteiger partial charge on any atom is 0.274 e. The number of piperazine rings is 1. The third-order valence-electron chi connectivity index (χ3n) is 3.98. The number of nitrogens with zero attached hydrogens (tertiary/aromatic N) is 5. The first-order valence-electron chi connectivity index (χ1n) is 8.25. The van der Waals surface area contributed by atoms with E-state index < -0.39 is 0 Å². The average Bonchev–Trinajstić information content (AvgIpc) is 3.02. The molecule has 1 aliphatic rings. The molecule has 25 heavy (non-hydrogen) atoms. The Kier molecular flexibility index (Phi) is 5.50. The fourth-order valence-electron chi connectivity index (χ4n) is 2.72. The Morgan fingerprint density at radius 2 is 2.04 bits per heavy atom. The molecule has 2 aromatic rings. The number of hydrogen-bond donors (Lipinski definition) is 1. The Labute approximate surface area is 151 Å². The van der Waals surface area contributed by atoms with Crippen molar-refractivity contribution in [3.05, 3.63) is 34.5 Å². The van der Waals surface area contributed by atoms with E-state index in [2.05, 4.69) is 25.1 Å². The fourth-order valence-corrected chi connectivity index (χ4v) is 2.91. The third-order valence-corrected chi connectivity index (χ3v) is 4.29. The molecule has 0 saturated carbocycles. The molecule has 0 aromatic carbocycles. The minimum absolute atomic E-state index is 0.167. The highest BCUT2D eigenvalue weighted by Crippen LogP contribution is 2.20. The van der Waals surface area contributed by atoms with Crippen LogP contribution in [0, 0.1) is 6.92 Å². The molecule has 1 amide bonds. The van der Waals surface area contributed by atoms with Crippen LogP contribution in [-0.2, 0) is 6.54 Å². The van der Waals surface area contributed by atoms with E-state index in [0.29, 0.717) is 37.1 Å². The summed E-state index contributed by atoms with van der Waals surface area (Å²) in [5, 5.41) is 7.33. The van der Waals surface area contributed by atoms with Crippen molar-refractivity contribution in [2.24, 2.45) is 0 Å². The van der Waals surface area contributed by atoms with Crippen molar-refractivity contribution >= 4 is 17.5 Å². The van der Waals surface area contributed by atoms with Gasteiger partial charge in [0.1, 0.15) is 5.82 Å². The van der Waals surface area contributed by atoms with Crippen molar-refractivity contribution in [3.63, 3.8) is 0 Å². The highest BCUT2D eigenvalue weighted by molar-refractivity contribution is 6.33. The van der Waals surface area contributed by atoms with Crippen molar-refractivity contribution in [1.82, 2.24) is 30.0 Å². The largest absolute Gasteiger partial charge is 0.478 e. The molecule has 0 aliphatic carbocycles. The number of carbonyl (C=O) groups is 1. The number of aryl methyl sites for hydroxylation is 1. The van der Waals surface area contributed by atoms with Crippen LogP contribution in [0.15, 0.2) is 12.1 Å². The number of amides is 1. The number of H-pyrrole nitrogens is 1. The second kappa shape index (κ2) is 7.79. The van der Waals surface area contributed by atoms with E-state index in [1.807, 2.05) is 13.8 Å². The van der Waals surface area contributed by atoms with Gasteiger partial charge in [-0.25, -0.2) is 9.97 Å². The number of halogens is 1. The maximum atomic E-state index is 12.7. The number of rotatable bonds is 5. The van der Waals surface area contributed by atoms with E-state index in [1.54, 1.807) is 17.0 Å². The molecule has 9 heteroatoms. The molecule has 8 nitrogen and oxygen atoms in total. The van der Waals surface area contributed by atoms with Gasteiger partial charge in [-0.1, -0.05) is 11.6 Å². The first kappa shape index (κ1) is 17.6. The molecule has 0 radical (unpaired) electrons. The van der Waals surface area contributed by atoms with Crippen LogP contribution < -0.4 is 4.74 Å². The molecule has 0 spiro atoms. The third kappa shape index (κ3) is 4.26. The van der Waals surface area contributed by atoms with E-state index in [9.17, 15) is 4.79 Å². The fraction of sp³-hybridized carbons (Fsp3) is 0.500. The van der Waals surface area contributed by atoms with Crippen molar-refractivity contribution in [2.45, 2.75) is 20.4 Å². The molecule has 1 aliphatic heterocycles. The SMILES string of the molecule is CCOc1ccc(Cl)c(C(=O)N2CCN(Cc3n[nH]c(C)n3)CC2)n1. The summed E-state index contributed by atoms with van der Waals surface area (Å²) in [7, 11) is 0. The standard InChI is InChI=1S/C16H21ClN6O2/c1-3-25-14-5-4-12(17)15(19-14)16(24)23-8-6-22(7-9-23)10-13-18-11(2)20-21-13/h4-5H,3,6-10H2,1-2H3,(H,18,20,21). The zero-order chi connectivity index (χ0) is 17.8. The van der Waals surface area contributed by atoms with Crippen molar-refractivity contribution in [1.29, 1.82) is 0 Å². The Balaban J connectivity index is 1.60. The monoisotopic (exact) mass is 364 g/mol. The number of aromatic nitrogens is 4. The summed E-state index contributed by atoms with van der Waals surface area (Å²) in [5.74, 6) is 1.82. The summed E-state index contributed by atoms with van der Waals surface area (Å²) < 4.78 is 5.36. The van der Waals surface area contributed by atoms with Crippen LogP contribution in [-0.4, -0.2) is 68.7 Å². The van der Waals surface area contributed by atoms with Gasteiger partial charge in [-0.3, -0.25) is 14.8 Å². The normalized spacial score (nSPS) is 15.4. The molecule has 134 valence electrons. The Morgan fingerprint density at radius 3 is 2.68 bits per heavy atom. The van der Waals surface area contributed by atoms with Gasteiger partial charge in [-0.05, 0) is 19.9 Å². The molecular formula is C16H21ClN6O2. The lowest BCUT2D eigenvalue weighted by atomic mass is 10.2. The zero-order valence-electron chi connectivity index (χ0n) is 14.3. The maximum absolute atomic E-state index is 12.7. The molecule has 2 aromatic heterocycles. The molecule has 3 rings (SSSR count). The minimum Gasteiger partial charge on any atom is -0.478 e.